The van der Waals surface area contributed by atoms with Crippen LogP contribution in [0.15, 0.2) is 78.0 Å². The molecule has 194 valence electrons. The molecule has 0 aromatic heterocycles. The summed E-state index contributed by atoms with van der Waals surface area (Å²) in [7, 11) is 1.55. The fourth-order valence-electron chi connectivity index (χ4n) is 3.68. The van der Waals surface area contributed by atoms with Gasteiger partial charge in [-0.1, -0.05) is 31.7 Å². The second-order valence-electron chi connectivity index (χ2n) is 8.24. The molecule has 2 amide bonds. The molecule has 0 atom stereocenters. The largest absolute Gasteiger partial charge is 0.495 e. The summed E-state index contributed by atoms with van der Waals surface area (Å²) >= 11 is 0. The van der Waals surface area contributed by atoms with Gasteiger partial charge in [0.15, 0.2) is 0 Å². The van der Waals surface area contributed by atoms with E-state index in [0.717, 1.165) is 5.56 Å². The first kappa shape index (κ1) is 27.2. The van der Waals surface area contributed by atoms with Crippen LogP contribution in [0.25, 0.3) is 5.70 Å². The lowest BCUT2D eigenvalue weighted by atomic mass is 10.1. The van der Waals surface area contributed by atoms with Gasteiger partial charge in [-0.3, -0.25) is 14.6 Å². The molecule has 1 fully saturated rings. The van der Waals surface area contributed by atoms with Gasteiger partial charge in [0.2, 0.25) is 0 Å². The minimum absolute atomic E-state index is 0.0154. The van der Waals surface area contributed by atoms with Gasteiger partial charge in [-0.15, -0.1) is 0 Å². The van der Waals surface area contributed by atoms with Crippen molar-refractivity contribution in [2.24, 2.45) is 10.7 Å². The number of morpholine rings is 1. The maximum atomic E-state index is 12.8. The quantitative estimate of drug-likeness (QED) is 0.207. The van der Waals surface area contributed by atoms with Crippen molar-refractivity contribution >= 4 is 34.6 Å². The molecule has 1 saturated heterocycles. The fraction of sp³-hybridized carbons (Fsp3) is 0.250. The Kier molecular flexibility index (Phi) is 9.62. The molecule has 1 aliphatic heterocycles. The number of aliphatic imine (C=N–C) groups is 1. The molecule has 37 heavy (non-hydrogen) atoms. The summed E-state index contributed by atoms with van der Waals surface area (Å²) in [6.45, 7) is 7.78. The predicted octanol–water partition coefficient (Wildman–Crippen LogP) is 3.61. The van der Waals surface area contributed by atoms with Gasteiger partial charge < -0.3 is 31.2 Å². The van der Waals surface area contributed by atoms with E-state index >= 15 is 0 Å². The Bertz CT molecular complexity index is 1240. The number of carbonyl (C=O) groups excluding carboxylic acids is 2. The van der Waals surface area contributed by atoms with E-state index in [1.54, 1.807) is 60.6 Å². The molecule has 1 aliphatic rings. The Balaban J connectivity index is 1.78. The number of hydrogen-bond donors (Lipinski definition) is 3. The SMILES string of the molecule is C=C\C=C(/N=C(\C=C(/N)C(=O)Nc1cccc(C(=O)N2CCOCC2)c1)CC)c1ccc(N)c(OC)c1. The van der Waals surface area contributed by atoms with E-state index in [4.69, 9.17) is 25.9 Å². The van der Waals surface area contributed by atoms with Gasteiger partial charge >= 0.3 is 0 Å². The van der Waals surface area contributed by atoms with Crippen LogP contribution in [-0.2, 0) is 9.53 Å². The molecule has 1 heterocycles. The van der Waals surface area contributed by atoms with Gasteiger partial charge in [0, 0.05) is 35.6 Å². The number of hydrogen-bond acceptors (Lipinski definition) is 7. The summed E-state index contributed by atoms with van der Waals surface area (Å²) in [5, 5.41) is 2.76. The van der Waals surface area contributed by atoms with Crippen molar-refractivity contribution < 1.29 is 19.1 Å². The number of nitrogen functional groups attached to an aromatic ring is 1. The lowest BCUT2D eigenvalue weighted by Crippen LogP contribution is -2.40. The van der Waals surface area contributed by atoms with Gasteiger partial charge in [-0.25, -0.2) is 0 Å². The van der Waals surface area contributed by atoms with E-state index in [2.05, 4.69) is 11.9 Å². The molecule has 0 unspecified atom stereocenters. The number of nitrogens with two attached hydrogens (primary N) is 2. The van der Waals surface area contributed by atoms with Gasteiger partial charge in [-0.2, -0.15) is 0 Å². The van der Waals surface area contributed by atoms with Crippen molar-refractivity contribution in [2.75, 3.05) is 44.5 Å². The van der Waals surface area contributed by atoms with Crippen LogP contribution in [0.2, 0.25) is 0 Å². The molecule has 9 heteroatoms. The van der Waals surface area contributed by atoms with E-state index in [9.17, 15) is 9.59 Å². The number of benzene rings is 2. The predicted molar refractivity (Wildman–Crippen MR) is 147 cm³/mol. The van der Waals surface area contributed by atoms with Gasteiger partial charge in [0.25, 0.3) is 11.8 Å². The number of carbonyl (C=O) groups is 2. The first-order valence-electron chi connectivity index (χ1n) is 12.0. The number of rotatable bonds is 9. The zero-order valence-corrected chi connectivity index (χ0v) is 21.2. The highest BCUT2D eigenvalue weighted by atomic mass is 16.5. The average Bonchev–Trinajstić information content (AvgIpc) is 2.92. The normalized spacial score (nSPS) is 14.8. The molecule has 0 spiro atoms. The van der Waals surface area contributed by atoms with Gasteiger partial charge in [-0.05, 0) is 48.9 Å². The van der Waals surface area contributed by atoms with E-state index < -0.39 is 5.91 Å². The molecule has 0 saturated carbocycles. The Labute approximate surface area is 217 Å². The Morgan fingerprint density at radius 2 is 1.95 bits per heavy atom. The topological polar surface area (TPSA) is 132 Å². The lowest BCUT2D eigenvalue weighted by Gasteiger charge is -2.27. The van der Waals surface area contributed by atoms with Crippen LogP contribution in [0, 0.1) is 0 Å². The Hall–Kier alpha value is -4.37. The van der Waals surface area contributed by atoms with Crippen molar-refractivity contribution in [3.8, 4) is 5.75 Å². The molecule has 0 aliphatic carbocycles. The summed E-state index contributed by atoms with van der Waals surface area (Å²) in [5.41, 5.74) is 15.5. The Morgan fingerprint density at radius 1 is 1.19 bits per heavy atom. The Morgan fingerprint density at radius 3 is 2.62 bits per heavy atom. The molecule has 0 radical (unpaired) electrons. The highest BCUT2D eigenvalue weighted by Gasteiger charge is 2.19. The number of nitrogens with one attached hydrogen (secondary N) is 1. The molecule has 2 aromatic rings. The molecular weight excluding hydrogens is 470 g/mol. The third-order valence-electron chi connectivity index (χ3n) is 5.68. The van der Waals surface area contributed by atoms with E-state index in [0.29, 0.717) is 66.8 Å². The second-order valence-corrected chi connectivity index (χ2v) is 8.24. The van der Waals surface area contributed by atoms with Crippen LogP contribution >= 0.6 is 0 Å². The number of ether oxygens (including phenoxy) is 2. The smallest absolute Gasteiger partial charge is 0.271 e. The monoisotopic (exact) mass is 503 g/mol. The van der Waals surface area contributed by atoms with Crippen molar-refractivity contribution in [2.45, 2.75) is 13.3 Å². The standard InChI is InChI=1S/C28H33N5O4/c1-4-7-25(19-10-11-23(29)26(17-19)36-3)31-21(5-2)18-24(30)27(34)32-22-9-6-8-20(16-22)28(35)33-12-14-37-15-13-33/h4,6-11,16-18H,1,5,12-15,29-30H2,2-3H3,(H,32,34)/b24-18-,25-7-,31-21-. The second kappa shape index (κ2) is 13.1. The van der Waals surface area contributed by atoms with E-state index in [1.165, 1.54) is 6.08 Å². The molecule has 2 aromatic carbocycles. The van der Waals surface area contributed by atoms with E-state index in [1.807, 2.05) is 13.0 Å². The van der Waals surface area contributed by atoms with Crippen LogP contribution < -0.4 is 21.5 Å². The molecule has 3 rings (SSSR count). The zero-order chi connectivity index (χ0) is 26.8. The third-order valence-corrected chi connectivity index (χ3v) is 5.68. The summed E-state index contributed by atoms with van der Waals surface area (Å²) < 4.78 is 10.6. The van der Waals surface area contributed by atoms with Crippen LogP contribution in [-0.4, -0.2) is 55.8 Å². The van der Waals surface area contributed by atoms with Gasteiger partial charge in [0.1, 0.15) is 5.75 Å². The van der Waals surface area contributed by atoms with E-state index in [-0.39, 0.29) is 11.6 Å². The third kappa shape index (κ3) is 7.31. The zero-order valence-electron chi connectivity index (χ0n) is 21.2. The minimum atomic E-state index is -0.500. The maximum absolute atomic E-state index is 12.8. The molecule has 9 nitrogen and oxygen atoms in total. The van der Waals surface area contributed by atoms with Crippen molar-refractivity contribution in [3.05, 3.63) is 84.1 Å². The molecular formula is C28H33N5O4. The van der Waals surface area contributed by atoms with Gasteiger partial charge in [0.05, 0.1) is 37.4 Å². The van der Waals surface area contributed by atoms with Crippen molar-refractivity contribution in [3.63, 3.8) is 0 Å². The summed E-state index contributed by atoms with van der Waals surface area (Å²) in [6.07, 6.45) is 5.43. The average molecular weight is 504 g/mol. The summed E-state index contributed by atoms with van der Waals surface area (Å²) in [4.78, 5) is 32.0. The lowest BCUT2D eigenvalue weighted by molar-refractivity contribution is -0.112. The van der Waals surface area contributed by atoms with Crippen LogP contribution in [0.3, 0.4) is 0 Å². The summed E-state index contributed by atoms with van der Waals surface area (Å²) in [5.74, 6) is -0.0749. The highest BCUT2D eigenvalue weighted by Crippen LogP contribution is 2.27. The van der Waals surface area contributed by atoms with Crippen LogP contribution in [0.1, 0.15) is 29.3 Å². The fourth-order valence-corrected chi connectivity index (χ4v) is 3.68. The maximum Gasteiger partial charge on any atom is 0.271 e. The summed E-state index contributed by atoms with van der Waals surface area (Å²) in [6, 6.07) is 12.1. The molecule has 0 bridgehead atoms. The minimum Gasteiger partial charge on any atom is -0.495 e. The number of amides is 2. The van der Waals surface area contributed by atoms with Crippen LogP contribution in [0.5, 0.6) is 5.75 Å². The number of nitrogens with zero attached hydrogens (tertiary/aromatic N) is 2. The number of methoxy groups -OCH3 is 1. The highest BCUT2D eigenvalue weighted by molar-refractivity contribution is 6.09. The first-order valence-corrected chi connectivity index (χ1v) is 12.0. The number of allylic oxidation sites excluding steroid dienone is 3. The molecule has 5 N–H and O–H groups in total. The van der Waals surface area contributed by atoms with Crippen LogP contribution in [0.4, 0.5) is 11.4 Å². The van der Waals surface area contributed by atoms with Crippen molar-refractivity contribution in [1.82, 2.24) is 4.90 Å². The number of anilines is 2. The van der Waals surface area contributed by atoms with Crippen molar-refractivity contribution in [1.29, 1.82) is 0 Å². The first-order chi connectivity index (χ1) is 17.9.